The van der Waals surface area contributed by atoms with Gasteiger partial charge in [0, 0.05) is 12.0 Å². The fraction of sp³-hybridized carbons (Fsp3) is 0.250. The van der Waals surface area contributed by atoms with Gasteiger partial charge in [0.2, 0.25) is 0 Å². The molecule has 0 aromatic heterocycles. The van der Waals surface area contributed by atoms with Crippen molar-refractivity contribution in [1.82, 2.24) is 0 Å². The van der Waals surface area contributed by atoms with Gasteiger partial charge in [0.1, 0.15) is 6.29 Å². The Balaban J connectivity index is 3.72. The molecule has 0 saturated heterocycles. The molecule has 0 aromatic carbocycles. The van der Waals surface area contributed by atoms with Crippen LogP contribution >= 0.6 is 0 Å². The summed E-state index contributed by atoms with van der Waals surface area (Å²) in [5.74, 6) is -0.526. The summed E-state index contributed by atoms with van der Waals surface area (Å²) in [7, 11) is 0. The summed E-state index contributed by atoms with van der Waals surface area (Å²) in [4.78, 5) is 20.6. The second-order valence-electron chi connectivity index (χ2n) is 1.88. The van der Waals surface area contributed by atoms with E-state index < -0.39 is 5.97 Å². The van der Waals surface area contributed by atoms with Crippen molar-refractivity contribution in [3.8, 4) is 0 Å². The van der Waals surface area contributed by atoms with Gasteiger partial charge in [0.05, 0.1) is 6.26 Å². The number of ether oxygens (including phenoxy) is 1. The predicted molar refractivity (Wildman–Crippen MR) is 40.7 cm³/mol. The van der Waals surface area contributed by atoms with Gasteiger partial charge in [-0.1, -0.05) is 13.2 Å². The van der Waals surface area contributed by atoms with Gasteiger partial charge in [-0.3, -0.25) is 0 Å². The van der Waals surface area contributed by atoms with Crippen molar-refractivity contribution in [2.24, 2.45) is 0 Å². The van der Waals surface area contributed by atoms with Gasteiger partial charge in [-0.15, -0.1) is 0 Å². The molecule has 0 heterocycles. The standard InChI is InChI=1S/C8H10O3/c1-3-11-8(10)7(2)5-4-6-9/h3,6H,1-2,4-5H2. The average molecular weight is 154 g/mol. The molecule has 0 amide bonds. The maximum Gasteiger partial charge on any atom is 0.338 e. The number of rotatable bonds is 5. The van der Waals surface area contributed by atoms with Crippen LogP contribution in [0.2, 0.25) is 0 Å². The van der Waals surface area contributed by atoms with Crippen LogP contribution in [-0.2, 0) is 14.3 Å². The van der Waals surface area contributed by atoms with Crippen molar-refractivity contribution in [3.05, 3.63) is 25.0 Å². The molecule has 0 N–H and O–H groups in total. The zero-order valence-corrected chi connectivity index (χ0v) is 6.21. The van der Waals surface area contributed by atoms with Crippen LogP contribution in [0, 0.1) is 0 Å². The van der Waals surface area contributed by atoms with E-state index >= 15 is 0 Å². The zero-order valence-electron chi connectivity index (χ0n) is 6.21. The molecular formula is C8H10O3. The lowest BCUT2D eigenvalue weighted by Crippen LogP contribution is -2.02. The Morgan fingerprint density at radius 1 is 1.55 bits per heavy atom. The summed E-state index contributed by atoms with van der Waals surface area (Å²) in [5, 5.41) is 0. The highest BCUT2D eigenvalue weighted by Crippen LogP contribution is 2.02. The van der Waals surface area contributed by atoms with E-state index in [-0.39, 0.29) is 5.57 Å². The lowest BCUT2D eigenvalue weighted by atomic mass is 10.2. The highest BCUT2D eigenvalue weighted by Gasteiger charge is 2.05. The van der Waals surface area contributed by atoms with Crippen LogP contribution in [0.15, 0.2) is 25.0 Å². The summed E-state index contributed by atoms with van der Waals surface area (Å²) in [6, 6.07) is 0. The first-order chi connectivity index (χ1) is 5.22. The summed E-state index contributed by atoms with van der Waals surface area (Å²) in [6.07, 6.45) is 2.40. The van der Waals surface area contributed by atoms with Crippen molar-refractivity contribution in [1.29, 1.82) is 0 Å². The van der Waals surface area contributed by atoms with Crippen LogP contribution in [0.3, 0.4) is 0 Å². The van der Waals surface area contributed by atoms with Crippen LogP contribution in [0.25, 0.3) is 0 Å². The third-order valence-electron chi connectivity index (χ3n) is 1.04. The molecule has 0 aromatic rings. The molecule has 0 bridgehead atoms. The van der Waals surface area contributed by atoms with E-state index in [0.29, 0.717) is 12.8 Å². The topological polar surface area (TPSA) is 43.4 Å². The highest BCUT2D eigenvalue weighted by molar-refractivity contribution is 5.88. The molecule has 0 spiro atoms. The Kier molecular flexibility index (Phi) is 4.73. The van der Waals surface area contributed by atoms with Gasteiger partial charge >= 0.3 is 5.97 Å². The molecular weight excluding hydrogens is 144 g/mol. The van der Waals surface area contributed by atoms with E-state index in [0.717, 1.165) is 12.5 Å². The third-order valence-corrected chi connectivity index (χ3v) is 1.04. The molecule has 0 rings (SSSR count). The number of aldehydes is 1. The number of hydrogen-bond donors (Lipinski definition) is 0. The summed E-state index contributed by atoms with van der Waals surface area (Å²) >= 11 is 0. The van der Waals surface area contributed by atoms with Crippen molar-refractivity contribution >= 4 is 12.3 Å². The van der Waals surface area contributed by atoms with Gasteiger partial charge in [-0.2, -0.15) is 0 Å². The molecule has 0 aliphatic heterocycles. The molecule has 3 nitrogen and oxygen atoms in total. The molecule has 11 heavy (non-hydrogen) atoms. The number of carbonyl (C=O) groups is 2. The van der Waals surface area contributed by atoms with Gasteiger partial charge < -0.3 is 9.53 Å². The SMILES string of the molecule is C=COC(=O)C(=C)CCC=O. The maximum absolute atomic E-state index is 10.7. The Hall–Kier alpha value is -1.38. The monoisotopic (exact) mass is 154 g/mol. The Morgan fingerprint density at radius 3 is 2.64 bits per heavy atom. The molecule has 0 aliphatic rings. The van der Waals surface area contributed by atoms with Crippen LogP contribution in [0.4, 0.5) is 0 Å². The first-order valence-electron chi connectivity index (χ1n) is 3.15. The van der Waals surface area contributed by atoms with Crippen LogP contribution in [0.5, 0.6) is 0 Å². The van der Waals surface area contributed by atoms with E-state index in [2.05, 4.69) is 17.9 Å². The average Bonchev–Trinajstić information content (AvgIpc) is 2.00. The molecule has 0 unspecified atom stereocenters. The lowest BCUT2D eigenvalue weighted by molar-refractivity contribution is -0.133. The molecule has 0 aliphatic carbocycles. The van der Waals surface area contributed by atoms with Gasteiger partial charge in [0.15, 0.2) is 0 Å². The first kappa shape index (κ1) is 9.62. The second-order valence-corrected chi connectivity index (χ2v) is 1.88. The van der Waals surface area contributed by atoms with E-state index in [1.165, 1.54) is 0 Å². The van der Waals surface area contributed by atoms with E-state index in [1.807, 2.05) is 0 Å². The predicted octanol–water partition coefficient (Wildman–Crippen LogP) is 1.21. The second kappa shape index (κ2) is 5.41. The third kappa shape index (κ3) is 4.08. The maximum atomic E-state index is 10.7. The molecule has 0 atom stereocenters. The first-order valence-corrected chi connectivity index (χ1v) is 3.15. The smallest absolute Gasteiger partial charge is 0.338 e. The van der Waals surface area contributed by atoms with E-state index in [4.69, 9.17) is 0 Å². The number of hydrogen-bond acceptors (Lipinski definition) is 3. The number of carbonyl (C=O) groups excluding carboxylic acids is 2. The van der Waals surface area contributed by atoms with Gasteiger partial charge in [-0.05, 0) is 6.42 Å². The lowest BCUT2D eigenvalue weighted by Gasteiger charge is -1.98. The van der Waals surface area contributed by atoms with Crippen LogP contribution in [-0.4, -0.2) is 12.3 Å². The molecule has 60 valence electrons. The normalized spacial score (nSPS) is 8.36. The van der Waals surface area contributed by atoms with Crippen molar-refractivity contribution in [2.45, 2.75) is 12.8 Å². The Bertz CT molecular complexity index is 182. The largest absolute Gasteiger partial charge is 0.432 e. The highest BCUT2D eigenvalue weighted by atomic mass is 16.5. The summed E-state index contributed by atoms with van der Waals surface area (Å²) in [5.41, 5.74) is 0.289. The van der Waals surface area contributed by atoms with Gasteiger partial charge in [0.25, 0.3) is 0 Å². The summed E-state index contributed by atoms with van der Waals surface area (Å²) < 4.78 is 4.41. The minimum atomic E-state index is -0.526. The number of esters is 1. The van der Waals surface area contributed by atoms with Crippen molar-refractivity contribution in [2.75, 3.05) is 0 Å². The van der Waals surface area contributed by atoms with Crippen LogP contribution < -0.4 is 0 Å². The fourth-order valence-corrected chi connectivity index (χ4v) is 0.494. The van der Waals surface area contributed by atoms with Crippen molar-refractivity contribution < 1.29 is 14.3 Å². The quantitative estimate of drug-likeness (QED) is 0.259. The Morgan fingerprint density at radius 2 is 2.18 bits per heavy atom. The van der Waals surface area contributed by atoms with Crippen molar-refractivity contribution in [3.63, 3.8) is 0 Å². The summed E-state index contributed by atoms with van der Waals surface area (Å²) in [6.45, 7) is 6.64. The Labute approximate surface area is 65.4 Å². The minimum absolute atomic E-state index is 0.289. The fourth-order valence-electron chi connectivity index (χ4n) is 0.494. The zero-order chi connectivity index (χ0) is 8.69. The van der Waals surface area contributed by atoms with Gasteiger partial charge in [-0.25, -0.2) is 4.79 Å². The molecule has 0 saturated carbocycles. The molecule has 3 heteroatoms. The van der Waals surface area contributed by atoms with Crippen LogP contribution in [0.1, 0.15) is 12.8 Å². The van der Waals surface area contributed by atoms with E-state index in [9.17, 15) is 9.59 Å². The minimum Gasteiger partial charge on any atom is -0.432 e. The molecule has 0 fully saturated rings. The van der Waals surface area contributed by atoms with E-state index in [1.54, 1.807) is 0 Å². The molecule has 0 radical (unpaired) electrons.